The summed E-state index contributed by atoms with van der Waals surface area (Å²) in [5, 5.41) is 0.548. The van der Waals surface area contributed by atoms with Crippen LogP contribution in [0.2, 0.25) is 5.02 Å². The monoisotopic (exact) mass is 317 g/mol. The van der Waals surface area contributed by atoms with Gasteiger partial charge in [-0.3, -0.25) is 9.59 Å². The number of carbonyl (C=O) groups excluding carboxylic acids is 2. The number of amides is 2. The molecule has 2 aromatic rings. The van der Waals surface area contributed by atoms with Gasteiger partial charge in [0.25, 0.3) is 11.8 Å². The Bertz CT molecular complexity index is 676. The van der Waals surface area contributed by atoms with E-state index in [-0.39, 0.29) is 11.8 Å². The highest BCUT2D eigenvalue weighted by Gasteiger charge is 2.25. The number of benzene rings is 1. The number of H-pyrrole nitrogens is 1. The summed E-state index contributed by atoms with van der Waals surface area (Å²) in [5.41, 5.74) is 1.16. The number of hydrogen-bond acceptors (Lipinski definition) is 2. The summed E-state index contributed by atoms with van der Waals surface area (Å²) in [6, 6.07) is 10.5. The van der Waals surface area contributed by atoms with Crippen LogP contribution in [0, 0.1) is 0 Å². The summed E-state index contributed by atoms with van der Waals surface area (Å²) in [7, 11) is 0. The molecule has 0 unspecified atom stereocenters. The molecule has 0 aliphatic carbocycles. The van der Waals surface area contributed by atoms with E-state index in [4.69, 9.17) is 11.6 Å². The van der Waals surface area contributed by atoms with E-state index in [9.17, 15) is 9.59 Å². The Kier molecular flexibility index (Phi) is 4.15. The lowest BCUT2D eigenvalue weighted by Crippen LogP contribution is -2.50. The van der Waals surface area contributed by atoms with E-state index >= 15 is 0 Å². The molecule has 1 aliphatic heterocycles. The summed E-state index contributed by atoms with van der Waals surface area (Å²) < 4.78 is 0. The van der Waals surface area contributed by atoms with Gasteiger partial charge in [0.1, 0.15) is 5.69 Å². The number of hydrogen-bond donors (Lipinski definition) is 1. The first kappa shape index (κ1) is 14.7. The molecule has 22 heavy (non-hydrogen) atoms. The van der Waals surface area contributed by atoms with Crippen LogP contribution in [0.25, 0.3) is 0 Å². The van der Waals surface area contributed by atoms with E-state index < -0.39 is 0 Å². The lowest BCUT2D eigenvalue weighted by atomic mass is 10.2. The zero-order valence-corrected chi connectivity index (χ0v) is 12.7. The topological polar surface area (TPSA) is 56.4 Å². The predicted octanol–water partition coefficient (Wildman–Crippen LogP) is 2.27. The Morgan fingerprint density at radius 3 is 2.23 bits per heavy atom. The van der Waals surface area contributed by atoms with Crippen LogP contribution >= 0.6 is 11.6 Å². The molecule has 0 radical (unpaired) electrons. The van der Waals surface area contributed by atoms with Gasteiger partial charge >= 0.3 is 0 Å². The van der Waals surface area contributed by atoms with Gasteiger partial charge in [-0.1, -0.05) is 17.7 Å². The molecule has 0 bridgehead atoms. The molecule has 114 valence electrons. The normalized spacial score (nSPS) is 15.0. The average molecular weight is 318 g/mol. The average Bonchev–Trinajstić information content (AvgIpc) is 3.08. The van der Waals surface area contributed by atoms with Gasteiger partial charge in [-0.25, -0.2) is 0 Å². The van der Waals surface area contributed by atoms with Crippen molar-refractivity contribution in [2.24, 2.45) is 0 Å². The molecule has 2 heterocycles. The van der Waals surface area contributed by atoms with Crippen LogP contribution < -0.4 is 0 Å². The minimum Gasteiger partial charge on any atom is -0.357 e. The third kappa shape index (κ3) is 2.99. The molecule has 2 amide bonds. The third-order valence-corrected chi connectivity index (χ3v) is 3.99. The summed E-state index contributed by atoms with van der Waals surface area (Å²) >= 11 is 5.92. The number of aromatic amines is 1. The van der Waals surface area contributed by atoms with Crippen LogP contribution in [0.3, 0.4) is 0 Å². The molecule has 1 aromatic carbocycles. The van der Waals surface area contributed by atoms with Crippen LogP contribution in [-0.4, -0.2) is 52.8 Å². The van der Waals surface area contributed by atoms with Crippen molar-refractivity contribution in [1.29, 1.82) is 0 Å². The van der Waals surface area contributed by atoms with Crippen molar-refractivity contribution in [2.75, 3.05) is 26.2 Å². The highest BCUT2D eigenvalue weighted by Crippen LogP contribution is 2.15. The zero-order chi connectivity index (χ0) is 15.5. The molecule has 5 nitrogen and oxygen atoms in total. The van der Waals surface area contributed by atoms with Gasteiger partial charge in [0.2, 0.25) is 0 Å². The first-order valence-corrected chi connectivity index (χ1v) is 7.50. The first-order valence-electron chi connectivity index (χ1n) is 7.12. The summed E-state index contributed by atoms with van der Waals surface area (Å²) in [6.07, 6.45) is 1.73. The lowest BCUT2D eigenvalue weighted by molar-refractivity contribution is 0.0532. The molecule has 0 spiro atoms. The van der Waals surface area contributed by atoms with Gasteiger partial charge < -0.3 is 14.8 Å². The van der Waals surface area contributed by atoms with Crippen molar-refractivity contribution in [1.82, 2.24) is 14.8 Å². The second-order valence-electron chi connectivity index (χ2n) is 5.18. The standard InChI is InChI=1S/C16H16ClN3O2/c17-13-4-1-3-12(11-13)15(21)19-7-9-20(10-8-19)16(22)14-5-2-6-18-14/h1-6,11,18H,7-10H2. The van der Waals surface area contributed by atoms with Crippen LogP contribution in [0.1, 0.15) is 20.8 Å². The lowest BCUT2D eigenvalue weighted by Gasteiger charge is -2.34. The number of carbonyl (C=O) groups is 2. The molecule has 1 fully saturated rings. The van der Waals surface area contributed by atoms with Crippen molar-refractivity contribution in [3.63, 3.8) is 0 Å². The molecule has 3 rings (SSSR count). The van der Waals surface area contributed by atoms with Gasteiger partial charge in [-0.2, -0.15) is 0 Å². The maximum absolute atomic E-state index is 12.4. The van der Waals surface area contributed by atoms with E-state index in [1.165, 1.54) is 0 Å². The Morgan fingerprint density at radius 1 is 0.955 bits per heavy atom. The Labute approximate surface area is 133 Å². The fraction of sp³-hybridized carbons (Fsp3) is 0.250. The molecular formula is C16H16ClN3O2. The van der Waals surface area contributed by atoms with Gasteiger partial charge in [-0.15, -0.1) is 0 Å². The largest absolute Gasteiger partial charge is 0.357 e. The molecule has 0 saturated carbocycles. The van der Waals surface area contributed by atoms with Crippen molar-refractivity contribution >= 4 is 23.4 Å². The van der Waals surface area contributed by atoms with Crippen molar-refractivity contribution in [2.45, 2.75) is 0 Å². The van der Waals surface area contributed by atoms with Gasteiger partial charge in [0.15, 0.2) is 0 Å². The van der Waals surface area contributed by atoms with E-state index in [0.29, 0.717) is 42.5 Å². The number of halogens is 1. The van der Waals surface area contributed by atoms with E-state index in [2.05, 4.69) is 4.98 Å². The minimum absolute atomic E-state index is 0.0279. The molecule has 6 heteroatoms. The zero-order valence-electron chi connectivity index (χ0n) is 12.0. The molecule has 1 N–H and O–H groups in total. The van der Waals surface area contributed by atoms with Gasteiger partial charge in [0, 0.05) is 43.0 Å². The van der Waals surface area contributed by atoms with Crippen LogP contribution in [-0.2, 0) is 0 Å². The quantitative estimate of drug-likeness (QED) is 0.923. The smallest absolute Gasteiger partial charge is 0.270 e. The van der Waals surface area contributed by atoms with Gasteiger partial charge in [0.05, 0.1) is 0 Å². The number of rotatable bonds is 2. The van der Waals surface area contributed by atoms with E-state index in [1.807, 2.05) is 0 Å². The maximum Gasteiger partial charge on any atom is 0.270 e. The van der Waals surface area contributed by atoms with E-state index in [0.717, 1.165) is 0 Å². The van der Waals surface area contributed by atoms with Crippen LogP contribution in [0.4, 0.5) is 0 Å². The Morgan fingerprint density at radius 2 is 1.64 bits per heavy atom. The van der Waals surface area contributed by atoms with Gasteiger partial charge in [-0.05, 0) is 30.3 Å². The molecular weight excluding hydrogens is 302 g/mol. The summed E-state index contributed by atoms with van der Waals surface area (Å²) in [5.74, 6) is -0.0747. The highest BCUT2D eigenvalue weighted by atomic mass is 35.5. The number of nitrogens with zero attached hydrogens (tertiary/aromatic N) is 2. The summed E-state index contributed by atoms with van der Waals surface area (Å²) in [6.45, 7) is 2.11. The highest BCUT2D eigenvalue weighted by molar-refractivity contribution is 6.30. The van der Waals surface area contributed by atoms with Crippen molar-refractivity contribution in [3.8, 4) is 0 Å². The molecule has 1 saturated heterocycles. The molecule has 0 atom stereocenters. The summed E-state index contributed by atoms with van der Waals surface area (Å²) in [4.78, 5) is 31.1. The number of nitrogens with one attached hydrogen (secondary N) is 1. The maximum atomic E-state index is 12.4. The molecule has 1 aliphatic rings. The predicted molar refractivity (Wildman–Crippen MR) is 84.1 cm³/mol. The van der Waals surface area contributed by atoms with Crippen LogP contribution in [0.5, 0.6) is 0 Å². The Hall–Kier alpha value is -2.27. The van der Waals surface area contributed by atoms with Crippen molar-refractivity contribution in [3.05, 3.63) is 58.9 Å². The molecule has 1 aromatic heterocycles. The second-order valence-corrected chi connectivity index (χ2v) is 5.61. The van der Waals surface area contributed by atoms with E-state index in [1.54, 1.807) is 52.4 Å². The number of piperazine rings is 1. The van der Waals surface area contributed by atoms with Crippen LogP contribution in [0.15, 0.2) is 42.6 Å². The fourth-order valence-corrected chi connectivity index (χ4v) is 2.74. The number of aromatic nitrogens is 1. The first-order chi connectivity index (χ1) is 10.6. The second kappa shape index (κ2) is 6.23. The van der Waals surface area contributed by atoms with Crippen molar-refractivity contribution < 1.29 is 9.59 Å². The fourth-order valence-electron chi connectivity index (χ4n) is 2.55. The third-order valence-electron chi connectivity index (χ3n) is 3.75. The Balaban J connectivity index is 1.62. The SMILES string of the molecule is O=C(c1cccc(Cl)c1)N1CCN(C(=O)c2ccc[nH]2)CC1. The minimum atomic E-state index is -0.0468.